The van der Waals surface area contributed by atoms with E-state index in [9.17, 15) is 4.79 Å². The van der Waals surface area contributed by atoms with Gasteiger partial charge in [-0.1, -0.05) is 0 Å². The number of nitrogens with zero attached hydrogens (tertiary/aromatic N) is 1. The van der Waals surface area contributed by atoms with Gasteiger partial charge in [-0.3, -0.25) is 4.79 Å². The second kappa shape index (κ2) is 5.01. The van der Waals surface area contributed by atoms with E-state index in [1.165, 1.54) is 0 Å². The van der Waals surface area contributed by atoms with Crippen LogP contribution in [0.2, 0.25) is 0 Å². The Morgan fingerprint density at radius 2 is 2.35 bits per heavy atom. The molecule has 0 saturated heterocycles. The molecule has 88 valence electrons. The number of H-pyrrole nitrogens is 1. The van der Waals surface area contributed by atoms with E-state index in [0.717, 1.165) is 10.2 Å². The van der Waals surface area contributed by atoms with E-state index in [4.69, 9.17) is 5.73 Å². The Bertz CT molecular complexity index is 524. The van der Waals surface area contributed by atoms with E-state index >= 15 is 0 Å². The van der Waals surface area contributed by atoms with Crippen molar-refractivity contribution in [2.45, 2.75) is 6.54 Å². The first kappa shape index (κ1) is 11.7. The van der Waals surface area contributed by atoms with Crippen molar-refractivity contribution in [1.82, 2.24) is 15.3 Å². The van der Waals surface area contributed by atoms with E-state index in [-0.39, 0.29) is 5.91 Å². The maximum absolute atomic E-state index is 11.8. The molecule has 4 N–H and O–H groups in total. The summed E-state index contributed by atoms with van der Waals surface area (Å²) in [5.41, 5.74) is 7.63. The predicted molar refractivity (Wildman–Crippen MR) is 68.3 cm³/mol. The third-order valence-electron chi connectivity index (χ3n) is 2.25. The van der Waals surface area contributed by atoms with Crippen molar-refractivity contribution in [2.24, 2.45) is 0 Å². The van der Waals surface area contributed by atoms with Crippen molar-refractivity contribution in [3.8, 4) is 0 Å². The molecule has 1 heterocycles. The van der Waals surface area contributed by atoms with Crippen LogP contribution in [0.5, 0.6) is 0 Å². The van der Waals surface area contributed by atoms with E-state index < -0.39 is 0 Å². The molecule has 1 aromatic heterocycles. The summed E-state index contributed by atoms with van der Waals surface area (Å²) in [6, 6.07) is 5.09. The number of aromatic nitrogens is 2. The van der Waals surface area contributed by atoms with E-state index in [1.807, 2.05) is 0 Å². The van der Waals surface area contributed by atoms with E-state index in [1.54, 1.807) is 30.7 Å². The first-order valence-corrected chi connectivity index (χ1v) is 5.76. The molecule has 0 fully saturated rings. The average Bonchev–Trinajstić information content (AvgIpc) is 2.82. The van der Waals surface area contributed by atoms with Gasteiger partial charge in [-0.05, 0) is 34.1 Å². The molecule has 1 amide bonds. The topological polar surface area (TPSA) is 83.8 Å². The van der Waals surface area contributed by atoms with Crippen LogP contribution < -0.4 is 11.1 Å². The number of nitrogen functional groups attached to an aromatic ring is 1. The molecule has 17 heavy (non-hydrogen) atoms. The van der Waals surface area contributed by atoms with Crippen LogP contribution in [0.15, 0.2) is 35.2 Å². The Morgan fingerprint density at radius 1 is 1.53 bits per heavy atom. The zero-order chi connectivity index (χ0) is 12.3. The van der Waals surface area contributed by atoms with E-state index in [0.29, 0.717) is 17.8 Å². The third kappa shape index (κ3) is 2.85. The van der Waals surface area contributed by atoms with Gasteiger partial charge in [0.15, 0.2) is 0 Å². The highest BCUT2D eigenvalue weighted by Gasteiger charge is 2.07. The first-order chi connectivity index (χ1) is 8.16. The van der Waals surface area contributed by atoms with Crippen LogP contribution in [-0.2, 0) is 6.54 Å². The maximum atomic E-state index is 11.8. The Hall–Kier alpha value is -1.82. The number of nitrogens with one attached hydrogen (secondary N) is 2. The second-order valence-electron chi connectivity index (χ2n) is 3.50. The molecule has 1 aromatic carbocycles. The van der Waals surface area contributed by atoms with Gasteiger partial charge in [0.05, 0.1) is 18.6 Å². The lowest BCUT2D eigenvalue weighted by molar-refractivity contribution is 0.0950. The fraction of sp³-hybridized carbons (Fsp3) is 0.0909. The van der Waals surface area contributed by atoms with E-state index in [2.05, 4.69) is 31.2 Å². The number of carbonyl (C=O) groups is 1. The molecule has 2 rings (SSSR count). The number of aromatic amines is 1. The number of carbonyl (C=O) groups excluding carboxylic acids is 1. The van der Waals surface area contributed by atoms with Gasteiger partial charge in [0, 0.05) is 21.9 Å². The van der Waals surface area contributed by atoms with Gasteiger partial charge >= 0.3 is 0 Å². The van der Waals surface area contributed by atoms with Crippen LogP contribution in [0, 0.1) is 0 Å². The first-order valence-electron chi connectivity index (χ1n) is 4.97. The van der Waals surface area contributed by atoms with Gasteiger partial charge in [-0.2, -0.15) is 0 Å². The summed E-state index contributed by atoms with van der Waals surface area (Å²) in [5, 5.41) is 2.77. The van der Waals surface area contributed by atoms with Crippen LogP contribution in [0.25, 0.3) is 0 Å². The minimum Gasteiger partial charge on any atom is -0.398 e. The van der Waals surface area contributed by atoms with Gasteiger partial charge in [0.25, 0.3) is 5.91 Å². The number of hydrogen-bond acceptors (Lipinski definition) is 3. The zero-order valence-electron chi connectivity index (χ0n) is 8.90. The number of imidazole rings is 1. The summed E-state index contributed by atoms with van der Waals surface area (Å²) in [6.07, 6.45) is 3.23. The molecule has 0 aliphatic rings. The standard InChI is InChI=1S/C11H11BrN4O/c12-9-2-1-7(3-10(9)13)11(17)15-5-8-4-14-6-16-8/h1-4,6H,5,13H2,(H,14,16)(H,15,17). The lowest BCUT2D eigenvalue weighted by Gasteiger charge is -2.05. The van der Waals surface area contributed by atoms with Crippen LogP contribution in [-0.4, -0.2) is 15.9 Å². The van der Waals surface area contributed by atoms with Crippen LogP contribution in [0.4, 0.5) is 5.69 Å². The lowest BCUT2D eigenvalue weighted by Crippen LogP contribution is -2.23. The average molecular weight is 295 g/mol. The minimum atomic E-state index is -0.168. The van der Waals surface area contributed by atoms with Crippen molar-refractivity contribution >= 4 is 27.5 Å². The highest BCUT2D eigenvalue weighted by molar-refractivity contribution is 9.10. The van der Waals surface area contributed by atoms with Gasteiger partial charge in [-0.15, -0.1) is 0 Å². The van der Waals surface area contributed by atoms with Crippen molar-refractivity contribution < 1.29 is 4.79 Å². The Balaban J connectivity index is 2.02. The summed E-state index contributed by atoms with van der Waals surface area (Å²) >= 11 is 3.28. The Kier molecular flexibility index (Phi) is 3.43. The molecular formula is C11H11BrN4O. The Labute approximate surface area is 107 Å². The normalized spacial score (nSPS) is 10.2. The predicted octanol–water partition coefficient (Wildman–Crippen LogP) is 1.68. The molecule has 2 aromatic rings. The molecule has 0 unspecified atom stereocenters. The smallest absolute Gasteiger partial charge is 0.251 e. The van der Waals surface area contributed by atoms with Crippen molar-refractivity contribution in [3.05, 3.63) is 46.5 Å². The number of halogens is 1. The fourth-order valence-electron chi connectivity index (χ4n) is 1.34. The fourth-order valence-corrected chi connectivity index (χ4v) is 1.59. The van der Waals surface area contributed by atoms with Crippen molar-refractivity contribution in [3.63, 3.8) is 0 Å². The molecule has 0 atom stereocenters. The largest absolute Gasteiger partial charge is 0.398 e. The number of rotatable bonds is 3. The molecule has 0 bridgehead atoms. The summed E-state index contributed by atoms with van der Waals surface area (Å²) in [6.45, 7) is 0.412. The molecule has 0 spiro atoms. The summed E-state index contributed by atoms with van der Waals surface area (Å²) < 4.78 is 0.780. The van der Waals surface area contributed by atoms with Gasteiger partial charge in [0.1, 0.15) is 0 Å². The van der Waals surface area contributed by atoms with Crippen molar-refractivity contribution in [2.75, 3.05) is 5.73 Å². The Morgan fingerprint density at radius 3 is 3.00 bits per heavy atom. The number of benzene rings is 1. The summed E-state index contributed by atoms with van der Waals surface area (Å²) in [7, 11) is 0. The summed E-state index contributed by atoms with van der Waals surface area (Å²) in [4.78, 5) is 18.6. The molecule has 0 radical (unpaired) electrons. The number of hydrogen-bond donors (Lipinski definition) is 3. The van der Waals surface area contributed by atoms with Crippen molar-refractivity contribution in [1.29, 1.82) is 0 Å². The molecular weight excluding hydrogens is 284 g/mol. The summed E-state index contributed by atoms with van der Waals surface area (Å²) in [5.74, 6) is -0.168. The number of anilines is 1. The molecule has 0 aliphatic carbocycles. The third-order valence-corrected chi connectivity index (χ3v) is 2.97. The molecule has 5 nitrogen and oxygen atoms in total. The van der Waals surface area contributed by atoms with Crippen LogP contribution in [0.1, 0.15) is 16.1 Å². The molecule has 0 saturated carbocycles. The molecule has 6 heteroatoms. The van der Waals surface area contributed by atoms with Gasteiger partial charge in [-0.25, -0.2) is 4.98 Å². The highest BCUT2D eigenvalue weighted by Crippen LogP contribution is 2.20. The molecule has 0 aliphatic heterocycles. The quantitative estimate of drug-likeness (QED) is 0.753. The highest BCUT2D eigenvalue weighted by atomic mass is 79.9. The van der Waals surface area contributed by atoms with Crippen LogP contribution in [0.3, 0.4) is 0 Å². The SMILES string of the molecule is Nc1cc(C(=O)NCc2cnc[nH]2)ccc1Br. The second-order valence-corrected chi connectivity index (χ2v) is 4.35. The van der Waals surface area contributed by atoms with Crippen LogP contribution >= 0.6 is 15.9 Å². The maximum Gasteiger partial charge on any atom is 0.251 e. The van der Waals surface area contributed by atoms with Gasteiger partial charge in [0.2, 0.25) is 0 Å². The number of nitrogens with two attached hydrogens (primary N) is 1. The zero-order valence-corrected chi connectivity index (χ0v) is 10.5. The number of amides is 1. The van der Waals surface area contributed by atoms with Gasteiger partial charge < -0.3 is 16.0 Å². The lowest BCUT2D eigenvalue weighted by atomic mass is 10.2. The minimum absolute atomic E-state index is 0.168. The monoisotopic (exact) mass is 294 g/mol.